The van der Waals surface area contributed by atoms with Crippen molar-refractivity contribution in [3.8, 4) is 0 Å². The molecule has 7 nitrogen and oxygen atoms in total. The molecule has 0 spiro atoms. The average molecular weight is 381 g/mol. The van der Waals surface area contributed by atoms with Gasteiger partial charge in [0.1, 0.15) is 6.10 Å². The van der Waals surface area contributed by atoms with Gasteiger partial charge in [-0.2, -0.15) is 0 Å². The molecule has 0 radical (unpaired) electrons. The Morgan fingerprint density at radius 1 is 0.654 bits per heavy atom. The van der Waals surface area contributed by atoms with E-state index in [-0.39, 0.29) is 13.2 Å². The predicted molar refractivity (Wildman–Crippen MR) is 102 cm³/mol. The Hall–Kier alpha value is -1.18. The van der Waals surface area contributed by atoms with Crippen LogP contribution in [-0.4, -0.2) is 56.8 Å². The van der Waals surface area contributed by atoms with Crippen molar-refractivity contribution >= 4 is 11.9 Å². The van der Waals surface area contributed by atoms with Crippen LogP contribution >= 0.6 is 0 Å². The Morgan fingerprint density at radius 2 is 1.04 bits per heavy atom. The summed E-state index contributed by atoms with van der Waals surface area (Å²) in [7, 11) is 0. The molecule has 0 aromatic heterocycles. The molecule has 0 unspecified atom stereocenters. The molecule has 0 aromatic carbocycles. The lowest BCUT2D eigenvalue weighted by molar-refractivity contribution is -0.138. The smallest absolute Gasteiger partial charge is 0.303 e. The lowest BCUT2D eigenvalue weighted by Gasteiger charge is -2.00. The van der Waals surface area contributed by atoms with E-state index in [4.69, 9.17) is 25.5 Å². The molecule has 0 saturated heterocycles. The minimum Gasteiger partial charge on any atom is -0.481 e. The van der Waals surface area contributed by atoms with Crippen molar-refractivity contribution in [2.24, 2.45) is 0 Å². The van der Waals surface area contributed by atoms with E-state index < -0.39 is 18.0 Å². The van der Waals surface area contributed by atoms with Gasteiger partial charge in [-0.25, -0.2) is 0 Å². The van der Waals surface area contributed by atoms with E-state index in [9.17, 15) is 9.59 Å². The topological polar surface area (TPSA) is 135 Å². The molecular weight excluding hydrogens is 340 g/mol. The van der Waals surface area contributed by atoms with Crippen LogP contribution in [0.2, 0.25) is 0 Å². The Labute approximate surface area is 158 Å². The second-order valence-electron chi connectivity index (χ2n) is 6.13. The highest BCUT2D eigenvalue weighted by molar-refractivity contribution is 5.66. The summed E-state index contributed by atoms with van der Waals surface area (Å²) in [5.74, 6) is -1.37. The summed E-state index contributed by atoms with van der Waals surface area (Å²) in [5.41, 5.74) is 0. The van der Waals surface area contributed by atoms with E-state index in [0.29, 0.717) is 12.8 Å². The minimum absolute atomic E-state index is 0.292. The molecule has 5 N–H and O–H groups in total. The van der Waals surface area contributed by atoms with Crippen LogP contribution in [0.3, 0.4) is 0 Å². The van der Waals surface area contributed by atoms with E-state index in [0.717, 1.165) is 19.3 Å². The largest absolute Gasteiger partial charge is 0.481 e. The van der Waals surface area contributed by atoms with Gasteiger partial charge in [0.2, 0.25) is 0 Å². The summed E-state index contributed by atoms with van der Waals surface area (Å²) in [6, 6.07) is 0. The van der Waals surface area contributed by atoms with Crippen molar-refractivity contribution < 1.29 is 35.1 Å². The molecule has 0 rings (SSSR count). The van der Waals surface area contributed by atoms with Gasteiger partial charge < -0.3 is 25.5 Å². The number of rotatable bonds is 14. The zero-order valence-corrected chi connectivity index (χ0v) is 16.5. The Bertz CT molecular complexity index is 292. The standard InChI is InChI=1S/C12H24O2.C4H8O2.C3H8O3/c1-2-3-4-5-6-7-8-9-10-11-12(13)14;1-2-3-4(5)6;4-1-3(6)2-5/h2-11H2,1H3,(H,13,14);2-3H2,1H3,(H,5,6);3-6H,1-2H2. The third-order valence-electron chi connectivity index (χ3n) is 3.38. The zero-order chi connectivity index (χ0) is 20.6. The monoisotopic (exact) mass is 380 g/mol. The number of hydrogen-bond donors (Lipinski definition) is 5. The number of aliphatic hydroxyl groups is 3. The first-order valence-electron chi connectivity index (χ1n) is 9.68. The van der Waals surface area contributed by atoms with Gasteiger partial charge in [0.25, 0.3) is 0 Å². The van der Waals surface area contributed by atoms with Crippen LogP contribution in [0.25, 0.3) is 0 Å². The zero-order valence-electron chi connectivity index (χ0n) is 16.5. The lowest BCUT2D eigenvalue weighted by atomic mass is 10.1. The highest BCUT2D eigenvalue weighted by atomic mass is 16.4. The lowest BCUT2D eigenvalue weighted by Crippen LogP contribution is -2.15. The van der Waals surface area contributed by atoms with Crippen molar-refractivity contribution in [2.45, 2.75) is 97.0 Å². The first-order chi connectivity index (χ1) is 12.3. The first-order valence-corrected chi connectivity index (χ1v) is 9.68. The number of aliphatic hydroxyl groups excluding tert-OH is 3. The summed E-state index contributed by atoms with van der Waals surface area (Å²) in [4.78, 5) is 19.8. The fourth-order valence-corrected chi connectivity index (χ4v) is 1.86. The molecule has 0 fully saturated rings. The summed E-state index contributed by atoms with van der Waals surface area (Å²) in [6.45, 7) is 3.34. The molecule has 7 heteroatoms. The van der Waals surface area contributed by atoms with Crippen LogP contribution < -0.4 is 0 Å². The molecule has 0 aliphatic carbocycles. The van der Waals surface area contributed by atoms with Crippen molar-refractivity contribution in [1.29, 1.82) is 0 Å². The van der Waals surface area contributed by atoms with Crippen LogP contribution in [0.4, 0.5) is 0 Å². The number of hydrogen-bond acceptors (Lipinski definition) is 5. The number of unbranched alkanes of at least 4 members (excludes halogenated alkanes) is 8. The Balaban J connectivity index is -0.000000364. The molecule has 0 saturated carbocycles. The van der Waals surface area contributed by atoms with Crippen LogP contribution in [-0.2, 0) is 9.59 Å². The van der Waals surface area contributed by atoms with E-state index in [1.54, 1.807) is 0 Å². The summed E-state index contributed by atoms with van der Waals surface area (Å²) in [5, 5.41) is 40.3. The fraction of sp³-hybridized carbons (Fsp3) is 0.895. The number of aliphatic carboxylic acids is 2. The van der Waals surface area contributed by atoms with Crippen molar-refractivity contribution in [3.63, 3.8) is 0 Å². The van der Waals surface area contributed by atoms with Gasteiger partial charge in [-0.05, 0) is 12.8 Å². The van der Waals surface area contributed by atoms with Gasteiger partial charge in [-0.15, -0.1) is 0 Å². The van der Waals surface area contributed by atoms with Gasteiger partial charge in [0, 0.05) is 12.8 Å². The molecule has 0 amide bonds. The summed E-state index contributed by atoms with van der Waals surface area (Å²) >= 11 is 0. The van der Waals surface area contributed by atoms with E-state index in [2.05, 4.69) is 6.92 Å². The molecule has 0 atom stereocenters. The number of carboxylic acids is 2. The van der Waals surface area contributed by atoms with Crippen LogP contribution in [0.15, 0.2) is 0 Å². The van der Waals surface area contributed by atoms with Gasteiger partial charge in [0.15, 0.2) is 0 Å². The maximum Gasteiger partial charge on any atom is 0.303 e. The molecule has 158 valence electrons. The van der Waals surface area contributed by atoms with Crippen LogP contribution in [0, 0.1) is 0 Å². The van der Waals surface area contributed by atoms with Crippen LogP contribution in [0.1, 0.15) is 90.9 Å². The number of carbonyl (C=O) groups is 2. The van der Waals surface area contributed by atoms with Crippen molar-refractivity contribution in [3.05, 3.63) is 0 Å². The van der Waals surface area contributed by atoms with E-state index >= 15 is 0 Å². The second-order valence-corrected chi connectivity index (χ2v) is 6.13. The van der Waals surface area contributed by atoms with Gasteiger partial charge in [-0.1, -0.05) is 65.2 Å². The van der Waals surface area contributed by atoms with E-state index in [1.807, 2.05) is 6.92 Å². The summed E-state index contributed by atoms with van der Waals surface area (Å²) < 4.78 is 0. The molecule has 0 aliphatic rings. The molecular formula is C19H40O7. The van der Waals surface area contributed by atoms with Crippen molar-refractivity contribution in [2.75, 3.05) is 13.2 Å². The Morgan fingerprint density at radius 3 is 1.27 bits per heavy atom. The minimum atomic E-state index is -0.954. The second kappa shape index (κ2) is 26.1. The third-order valence-corrected chi connectivity index (χ3v) is 3.38. The summed E-state index contributed by atoms with van der Waals surface area (Å²) in [6.07, 6.45) is 11.5. The normalized spacial score (nSPS) is 9.77. The maximum absolute atomic E-state index is 10.2. The molecule has 0 bridgehead atoms. The third kappa shape index (κ3) is 38.4. The molecule has 0 heterocycles. The Kier molecular flexibility index (Phi) is 29.6. The first kappa shape index (κ1) is 29.6. The van der Waals surface area contributed by atoms with Gasteiger partial charge in [-0.3, -0.25) is 9.59 Å². The van der Waals surface area contributed by atoms with Gasteiger partial charge in [0.05, 0.1) is 13.2 Å². The van der Waals surface area contributed by atoms with Gasteiger partial charge >= 0.3 is 11.9 Å². The fourth-order valence-electron chi connectivity index (χ4n) is 1.86. The molecule has 26 heavy (non-hydrogen) atoms. The average Bonchev–Trinajstić information content (AvgIpc) is 2.60. The number of carboxylic acid groups (broad SMARTS) is 2. The molecule has 0 aromatic rings. The quantitative estimate of drug-likeness (QED) is 0.292. The molecule has 0 aliphatic heterocycles. The van der Waals surface area contributed by atoms with Crippen molar-refractivity contribution in [1.82, 2.24) is 0 Å². The maximum atomic E-state index is 10.2. The SMILES string of the molecule is CCCC(=O)O.CCCCCCCCCCCC(=O)O.OCC(O)CO. The highest BCUT2D eigenvalue weighted by Gasteiger charge is 1.96. The predicted octanol–water partition coefficient (Wildman–Crippen LogP) is 3.19. The van der Waals surface area contributed by atoms with Crippen LogP contribution in [0.5, 0.6) is 0 Å². The highest BCUT2D eigenvalue weighted by Crippen LogP contribution is 2.10. The van der Waals surface area contributed by atoms with E-state index in [1.165, 1.54) is 44.9 Å².